The Morgan fingerprint density at radius 1 is 1.06 bits per heavy atom. The van der Waals surface area contributed by atoms with E-state index < -0.39 is 17.5 Å². The van der Waals surface area contributed by atoms with Gasteiger partial charge in [0.2, 0.25) is 11.7 Å². The number of aryl methyl sites for hydroxylation is 2. The predicted octanol–water partition coefficient (Wildman–Crippen LogP) is 3.71. The summed E-state index contributed by atoms with van der Waals surface area (Å²) in [6.07, 6.45) is 1.52. The summed E-state index contributed by atoms with van der Waals surface area (Å²) in [5.41, 5.74) is 1.89. The van der Waals surface area contributed by atoms with Crippen LogP contribution in [0.25, 0.3) is 11.4 Å². The first-order chi connectivity index (χ1) is 15.0. The Kier molecular flexibility index (Phi) is 6.36. The van der Waals surface area contributed by atoms with Gasteiger partial charge in [0.1, 0.15) is 0 Å². The van der Waals surface area contributed by atoms with Crippen molar-refractivity contribution in [2.45, 2.75) is 19.8 Å². The normalized spacial score (nSPS) is 14.7. The van der Waals surface area contributed by atoms with Gasteiger partial charge in [0.05, 0.1) is 5.56 Å². The summed E-state index contributed by atoms with van der Waals surface area (Å²) in [5.74, 6) is -1.36. The van der Waals surface area contributed by atoms with Crippen LogP contribution in [-0.4, -0.2) is 58.6 Å². The van der Waals surface area contributed by atoms with E-state index in [-0.39, 0.29) is 5.56 Å². The Morgan fingerprint density at radius 3 is 2.55 bits per heavy atom. The van der Waals surface area contributed by atoms with Gasteiger partial charge in [-0.05, 0) is 32.0 Å². The van der Waals surface area contributed by atoms with Crippen molar-refractivity contribution in [1.82, 2.24) is 19.9 Å². The number of hydrogen-bond acceptors (Lipinski definition) is 5. The minimum absolute atomic E-state index is 0.214. The molecular formula is C23H24F2N4O2. The van der Waals surface area contributed by atoms with Gasteiger partial charge < -0.3 is 9.42 Å². The van der Waals surface area contributed by atoms with Crippen molar-refractivity contribution >= 4 is 5.91 Å². The van der Waals surface area contributed by atoms with Gasteiger partial charge in [-0.2, -0.15) is 4.98 Å². The molecule has 3 aromatic rings. The van der Waals surface area contributed by atoms with Gasteiger partial charge in [-0.1, -0.05) is 41.1 Å². The summed E-state index contributed by atoms with van der Waals surface area (Å²) in [6, 6.07) is 11.7. The molecule has 0 atom stereocenters. The van der Waals surface area contributed by atoms with E-state index >= 15 is 0 Å². The van der Waals surface area contributed by atoms with E-state index in [1.165, 1.54) is 17.7 Å². The van der Waals surface area contributed by atoms with Crippen molar-refractivity contribution in [2.75, 3.05) is 32.7 Å². The van der Waals surface area contributed by atoms with Crippen LogP contribution in [0.3, 0.4) is 0 Å². The number of amides is 1. The molecule has 2 aromatic carbocycles. The third-order valence-electron chi connectivity index (χ3n) is 5.48. The van der Waals surface area contributed by atoms with Gasteiger partial charge in [-0.25, -0.2) is 8.78 Å². The van der Waals surface area contributed by atoms with E-state index in [1.54, 1.807) is 4.90 Å². The Bertz CT molecular complexity index is 1040. The quantitative estimate of drug-likeness (QED) is 0.601. The second-order valence-corrected chi connectivity index (χ2v) is 7.72. The summed E-state index contributed by atoms with van der Waals surface area (Å²) in [5, 5.41) is 4.05. The number of aromatic nitrogens is 2. The van der Waals surface area contributed by atoms with Crippen molar-refractivity contribution in [3.63, 3.8) is 0 Å². The number of carbonyl (C=O) groups is 1. The van der Waals surface area contributed by atoms with E-state index in [2.05, 4.69) is 15.0 Å². The van der Waals surface area contributed by atoms with Crippen molar-refractivity contribution in [3.05, 3.63) is 71.1 Å². The molecule has 8 heteroatoms. The van der Waals surface area contributed by atoms with Crippen LogP contribution in [0.15, 0.2) is 47.0 Å². The van der Waals surface area contributed by atoms with Crippen LogP contribution in [0.5, 0.6) is 0 Å². The van der Waals surface area contributed by atoms with E-state index in [1.807, 2.05) is 31.2 Å². The molecule has 0 saturated carbocycles. The molecule has 162 valence electrons. The smallest absolute Gasteiger partial charge is 0.257 e. The first-order valence-corrected chi connectivity index (χ1v) is 10.4. The molecule has 1 aliphatic heterocycles. The number of carbonyl (C=O) groups excluding carboxylic acids is 1. The number of rotatable bonds is 6. The molecule has 1 aromatic heterocycles. The molecule has 0 unspecified atom stereocenters. The molecule has 0 spiro atoms. The van der Waals surface area contributed by atoms with Crippen molar-refractivity contribution in [1.29, 1.82) is 0 Å². The summed E-state index contributed by atoms with van der Waals surface area (Å²) >= 11 is 0. The van der Waals surface area contributed by atoms with Crippen LogP contribution in [0.1, 0.15) is 28.2 Å². The highest BCUT2D eigenvalue weighted by atomic mass is 19.2. The molecule has 1 amide bonds. The molecule has 0 bridgehead atoms. The minimum Gasteiger partial charge on any atom is -0.339 e. The second-order valence-electron chi connectivity index (χ2n) is 7.72. The predicted molar refractivity (Wildman–Crippen MR) is 111 cm³/mol. The summed E-state index contributed by atoms with van der Waals surface area (Å²) in [7, 11) is 0. The molecule has 1 fully saturated rings. The third kappa shape index (κ3) is 4.96. The van der Waals surface area contributed by atoms with Gasteiger partial charge in [0.25, 0.3) is 5.91 Å². The molecule has 4 rings (SSSR count). The zero-order chi connectivity index (χ0) is 21.8. The zero-order valence-electron chi connectivity index (χ0n) is 17.4. The first-order valence-electron chi connectivity index (χ1n) is 10.4. The SMILES string of the molecule is Cc1ccc(-c2noc(CCCN3CCN(C(=O)c4cccc(F)c4F)CC3)n2)cc1. The van der Waals surface area contributed by atoms with Crippen LogP contribution in [0.2, 0.25) is 0 Å². The van der Waals surface area contributed by atoms with E-state index in [9.17, 15) is 13.6 Å². The lowest BCUT2D eigenvalue weighted by atomic mass is 10.1. The lowest BCUT2D eigenvalue weighted by Crippen LogP contribution is -2.49. The zero-order valence-corrected chi connectivity index (χ0v) is 17.4. The lowest BCUT2D eigenvalue weighted by Gasteiger charge is -2.34. The molecule has 1 saturated heterocycles. The van der Waals surface area contributed by atoms with E-state index in [0.717, 1.165) is 24.6 Å². The Balaban J connectivity index is 1.23. The largest absolute Gasteiger partial charge is 0.339 e. The molecule has 0 N–H and O–H groups in total. The molecule has 1 aliphatic rings. The molecule has 2 heterocycles. The minimum atomic E-state index is -1.08. The van der Waals surface area contributed by atoms with Gasteiger partial charge in [0, 0.05) is 38.2 Å². The highest BCUT2D eigenvalue weighted by Gasteiger charge is 2.25. The van der Waals surface area contributed by atoms with E-state index in [0.29, 0.717) is 44.3 Å². The van der Waals surface area contributed by atoms with Crippen LogP contribution in [0.4, 0.5) is 8.78 Å². The van der Waals surface area contributed by atoms with Gasteiger partial charge in [-0.3, -0.25) is 9.69 Å². The molecule has 31 heavy (non-hydrogen) atoms. The lowest BCUT2D eigenvalue weighted by molar-refractivity contribution is 0.0630. The van der Waals surface area contributed by atoms with Crippen molar-refractivity contribution in [3.8, 4) is 11.4 Å². The number of piperazine rings is 1. The second kappa shape index (κ2) is 9.34. The number of halogens is 2. The number of benzene rings is 2. The highest BCUT2D eigenvalue weighted by Crippen LogP contribution is 2.18. The third-order valence-corrected chi connectivity index (χ3v) is 5.48. The highest BCUT2D eigenvalue weighted by molar-refractivity contribution is 5.94. The first kappa shape index (κ1) is 21.1. The average Bonchev–Trinajstić information content (AvgIpc) is 3.25. The topological polar surface area (TPSA) is 62.5 Å². The van der Waals surface area contributed by atoms with E-state index in [4.69, 9.17) is 4.52 Å². The standard InChI is InChI=1S/C23H24F2N4O2/c1-16-7-9-17(10-8-16)22-26-20(31-27-22)6-3-11-28-12-14-29(15-13-28)23(30)18-4-2-5-19(24)21(18)25/h2,4-5,7-10H,3,6,11-15H2,1H3. The average molecular weight is 426 g/mol. The maximum Gasteiger partial charge on any atom is 0.257 e. The molecule has 0 aliphatic carbocycles. The monoisotopic (exact) mass is 426 g/mol. The summed E-state index contributed by atoms with van der Waals surface area (Å²) in [6.45, 7) is 5.18. The van der Waals surface area contributed by atoms with Crippen molar-refractivity contribution < 1.29 is 18.1 Å². The molecule has 6 nitrogen and oxygen atoms in total. The molecule has 0 radical (unpaired) electrons. The van der Waals surface area contributed by atoms with Gasteiger partial charge >= 0.3 is 0 Å². The number of nitrogens with zero attached hydrogens (tertiary/aromatic N) is 4. The van der Waals surface area contributed by atoms with Gasteiger partial charge in [-0.15, -0.1) is 0 Å². The fourth-order valence-corrected chi connectivity index (χ4v) is 3.64. The maximum absolute atomic E-state index is 13.9. The number of hydrogen-bond donors (Lipinski definition) is 0. The maximum atomic E-state index is 13.9. The van der Waals surface area contributed by atoms with Crippen LogP contribution < -0.4 is 0 Å². The van der Waals surface area contributed by atoms with Crippen molar-refractivity contribution in [2.24, 2.45) is 0 Å². The van der Waals surface area contributed by atoms with Crippen LogP contribution in [-0.2, 0) is 6.42 Å². The van der Waals surface area contributed by atoms with Crippen LogP contribution in [0, 0.1) is 18.6 Å². The molecular weight excluding hydrogens is 402 g/mol. The van der Waals surface area contributed by atoms with Crippen LogP contribution >= 0.6 is 0 Å². The Labute approximate surface area is 179 Å². The summed E-state index contributed by atoms with van der Waals surface area (Å²) < 4.78 is 32.6. The Hall–Kier alpha value is -3.13. The van der Waals surface area contributed by atoms with Gasteiger partial charge in [0.15, 0.2) is 11.6 Å². The summed E-state index contributed by atoms with van der Waals surface area (Å²) in [4.78, 5) is 20.8. The fraction of sp³-hybridized carbons (Fsp3) is 0.348. The Morgan fingerprint density at radius 2 is 1.81 bits per heavy atom. The fourth-order valence-electron chi connectivity index (χ4n) is 3.64.